The van der Waals surface area contributed by atoms with Crippen LogP contribution in [0.2, 0.25) is 0 Å². The molecule has 0 atom stereocenters. The third-order valence-corrected chi connectivity index (χ3v) is 0.855. The summed E-state index contributed by atoms with van der Waals surface area (Å²) >= 11 is 0. The Morgan fingerprint density at radius 1 is 1.60 bits per heavy atom. The summed E-state index contributed by atoms with van der Waals surface area (Å²) < 4.78 is 0. The Morgan fingerprint density at radius 2 is 2.30 bits per heavy atom. The third kappa shape index (κ3) is 7.08. The molecule has 0 aromatic carbocycles. The van der Waals surface area contributed by atoms with E-state index in [-0.39, 0.29) is 0 Å². The van der Waals surface area contributed by atoms with E-state index < -0.39 is 0 Å². The van der Waals surface area contributed by atoms with Gasteiger partial charge in [-0.25, -0.2) is 0 Å². The standard InChI is InChI=1S/C4H4BN.C4H8/c1-2-4-6-5-3-1;1-3-4-2/h1-4H;3H,1,4H2,2H3. The molecule has 52 valence electrons. The number of hydrogen-bond donors (Lipinski definition) is 0. The van der Waals surface area contributed by atoms with Gasteiger partial charge < -0.3 is 0 Å². The summed E-state index contributed by atoms with van der Waals surface area (Å²) in [5, 5.41) is 0. The van der Waals surface area contributed by atoms with E-state index in [1.54, 1.807) is 13.2 Å². The molecule has 1 rings (SSSR count). The van der Waals surface area contributed by atoms with Crippen LogP contribution in [0.25, 0.3) is 0 Å². The van der Waals surface area contributed by atoms with Gasteiger partial charge in [0.1, 0.15) is 0 Å². The van der Waals surface area contributed by atoms with E-state index in [9.17, 15) is 0 Å². The van der Waals surface area contributed by atoms with Crippen molar-refractivity contribution in [2.45, 2.75) is 13.3 Å². The molecule has 1 aromatic rings. The van der Waals surface area contributed by atoms with E-state index in [0.717, 1.165) is 6.42 Å². The molecule has 1 heterocycles. The van der Waals surface area contributed by atoms with E-state index in [2.05, 4.69) is 18.4 Å². The van der Waals surface area contributed by atoms with Gasteiger partial charge in [-0.05, 0) is 6.42 Å². The first kappa shape index (κ1) is 9.08. The van der Waals surface area contributed by atoms with Crippen LogP contribution in [-0.4, -0.2) is 11.9 Å². The van der Waals surface area contributed by atoms with Crippen LogP contribution in [0.1, 0.15) is 13.3 Å². The predicted molar refractivity (Wildman–Crippen MR) is 46.1 cm³/mol. The number of hydrogen-bond acceptors (Lipinski definition) is 1. The molecule has 0 amide bonds. The van der Waals surface area contributed by atoms with Crippen LogP contribution >= 0.6 is 0 Å². The summed E-state index contributed by atoms with van der Waals surface area (Å²) in [4.78, 5) is 3.78. The summed E-state index contributed by atoms with van der Waals surface area (Å²) in [6, 6.07) is 3.83. The maximum atomic E-state index is 3.78. The molecular formula is C8H12BN. The zero-order valence-electron chi connectivity index (χ0n) is 6.33. The minimum atomic E-state index is 1.08. The zero-order valence-corrected chi connectivity index (χ0v) is 6.33. The summed E-state index contributed by atoms with van der Waals surface area (Å²) in [5.74, 6) is 1.89. The average molecular weight is 133 g/mol. The molecule has 1 nitrogen and oxygen atoms in total. The van der Waals surface area contributed by atoms with Crippen molar-refractivity contribution in [3.05, 3.63) is 36.9 Å². The van der Waals surface area contributed by atoms with E-state index in [1.165, 1.54) is 0 Å². The van der Waals surface area contributed by atoms with Gasteiger partial charge in [0, 0.05) is 0 Å². The second-order valence-electron chi connectivity index (χ2n) is 1.72. The van der Waals surface area contributed by atoms with Crippen LogP contribution in [0, 0.1) is 0 Å². The predicted octanol–water partition coefficient (Wildman–Crippen LogP) is 2.00. The number of aromatic nitrogens is 1. The van der Waals surface area contributed by atoms with Crippen molar-refractivity contribution in [3.63, 3.8) is 0 Å². The summed E-state index contributed by atoms with van der Waals surface area (Å²) in [6.45, 7) is 5.54. The van der Waals surface area contributed by atoms with Crippen molar-refractivity contribution in [1.29, 1.82) is 0 Å². The molecule has 0 spiro atoms. The quantitative estimate of drug-likeness (QED) is 0.534. The van der Waals surface area contributed by atoms with Crippen LogP contribution in [0.15, 0.2) is 36.9 Å². The molecule has 2 heteroatoms. The van der Waals surface area contributed by atoms with Crippen LogP contribution in [-0.2, 0) is 0 Å². The molecular weight excluding hydrogens is 121 g/mol. The second kappa shape index (κ2) is 8.08. The average Bonchev–Trinajstić information content (AvgIpc) is 2.08. The molecule has 0 aliphatic rings. The molecule has 0 radical (unpaired) electrons. The van der Waals surface area contributed by atoms with Gasteiger partial charge in [-0.15, -0.1) is 6.58 Å². The van der Waals surface area contributed by atoms with Crippen molar-refractivity contribution < 1.29 is 0 Å². The van der Waals surface area contributed by atoms with Gasteiger partial charge >= 0.3 is 36.2 Å². The van der Waals surface area contributed by atoms with Gasteiger partial charge in [-0.3, -0.25) is 0 Å². The van der Waals surface area contributed by atoms with Gasteiger partial charge in [-0.1, -0.05) is 13.0 Å². The van der Waals surface area contributed by atoms with Crippen LogP contribution in [0.4, 0.5) is 0 Å². The van der Waals surface area contributed by atoms with Crippen molar-refractivity contribution in [3.8, 4) is 0 Å². The van der Waals surface area contributed by atoms with Crippen molar-refractivity contribution >= 4 is 7.05 Å². The first-order valence-electron chi connectivity index (χ1n) is 3.37. The fraction of sp³-hybridized carbons (Fsp3) is 0.250. The van der Waals surface area contributed by atoms with Crippen LogP contribution in [0.3, 0.4) is 0 Å². The first-order chi connectivity index (χ1) is 4.91. The third-order valence-electron chi connectivity index (χ3n) is 0.855. The Balaban J connectivity index is 0.000000180. The summed E-state index contributed by atoms with van der Waals surface area (Å²) in [7, 11) is 1.75. The molecule has 0 aliphatic heterocycles. The van der Waals surface area contributed by atoms with Crippen molar-refractivity contribution in [1.82, 2.24) is 4.89 Å². The minimum absolute atomic E-state index is 1.08. The Bertz CT molecular complexity index is 124. The van der Waals surface area contributed by atoms with Gasteiger partial charge in [0.05, 0.1) is 0 Å². The molecule has 0 fully saturated rings. The Morgan fingerprint density at radius 3 is 2.40 bits per heavy atom. The Labute approximate surface area is 63.1 Å². The van der Waals surface area contributed by atoms with E-state index >= 15 is 0 Å². The topological polar surface area (TPSA) is 12.9 Å². The molecule has 0 saturated carbocycles. The fourth-order valence-electron chi connectivity index (χ4n) is 0.313. The molecule has 10 heavy (non-hydrogen) atoms. The fourth-order valence-corrected chi connectivity index (χ4v) is 0.313. The number of nitrogens with zero attached hydrogens (tertiary/aromatic N) is 1. The monoisotopic (exact) mass is 133 g/mol. The normalized spacial score (nSPS) is 6.90. The van der Waals surface area contributed by atoms with E-state index in [0.29, 0.717) is 0 Å². The van der Waals surface area contributed by atoms with E-state index in [1.807, 2.05) is 24.2 Å². The van der Waals surface area contributed by atoms with Crippen LogP contribution < -0.4 is 0 Å². The second-order valence-corrected chi connectivity index (χ2v) is 1.72. The number of allylic oxidation sites excluding steroid dienone is 1. The molecule has 0 saturated heterocycles. The molecule has 0 aliphatic carbocycles. The summed E-state index contributed by atoms with van der Waals surface area (Å²) in [5.41, 5.74) is 0. The molecule has 0 bridgehead atoms. The van der Waals surface area contributed by atoms with Gasteiger partial charge in [0.15, 0.2) is 0 Å². The van der Waals surface area contributed by atoms with Crippen LogP contribution in [0.5, 0.6) is 0 Å². The van der Waals surface area contributed by atoms with Crippen molar-refractivity contribution in [2.24, 2.45) is 0 Å². The first-order valence-corrected chi connectivity index (χ1v) is 3.37. The molecule has 0 unspecified atom stereocenters. The molecule has 0 N–H and O–H groups in total. The molecule has 1 aromatic heterocycles. The van der Waals surface area contributed by atoms with Gasteiger partial charge in [0.2, 0.25) is 0 Å². The summed E-state index contributed by atoms with van der Waals surface area (Å²) in [6.07, 6.45) is 4.71. The van der Waals surface area contributed by atoms with Gasteiger partial charge in [0.25, 0.3) is 0 Å². The van der Waals surface area contributed by atoms with Crippen molar-refractivity contribution in [2.75, 3.05) is 0 Å². The SMILES string of the molecule is C=CCC.b1ccccn1. The maximum absolute atomic E-state index is 3.78. The van der Waals surface area contributed by atoms with E-state index in [4.69, 9.17) is 0 Å². The zero-order chi connectivity index (χ0) is 7.66. The van der Waals surface area contributed by atoms with Gasteiger partial charge in [-0.2, -0.15) is 0 Å². The Hall–Kier alpha value is -0.915. The number of rotatable bonds is 1. The Kier molecular flexibility index (Phi) is 7.35.